The van der Waals surface area contributed by atoms with Crippen LogP contribution in [0.1, 0.15) is 17.0 Å². The summed E-state index contributed by atoms with van der Waals surface area (Å²) in [5.41, 5.74) is 7.14. The number of amides is 2. The van der Waals surface area contributed by atoms with E-state index in [4.69, 9.17) is 5.73 Å². The average Bonchev–Trinajstić information content (AvgIpc) is 2.70. The quantitative estimate of drug-likeness (QED) is 0.766. The smallest absolute Gasteiger partial charge is 0.266 e. The van der Waals surface area contributed by atoms with Crippen LogP contribution < -0.4 is 5.73 Å². The molecule has 0 aromatic heterocycles. The van der Waals surface area contributed by atoms with E-state index < -0.39 is 17.7 Å². The van der Waals surface area contributed by atoms with Crippen LogP contribution in [0.25, 0.3) is 0 Å². The van der Waals surface area contributed by atoms with E-state index >= 15 is 0 Å². The first-order valence-corrected chi connectivity index (χ1v) is 6.43. The van der Waals surface area contributed by atoms with Gasteiger partial charge in [-0.2, -0.15) is 10.0 Å². The topological polar surface area (TPSA) is 88.1 Å². The predicted molar refractivity (Wildman–Crippen MR) is 72.4 cm³/mol. The maximum absolute atomic E-state index is 12.3. The summed E-state index contributed by atoms with van der Waals surface area (Å²) < 4.78 is 0. The molecular weight excluding hydrogens is 264 g/mol. The molecule has 2 aliphatic rings. The van der Waals surface area contributed by atoms with E-state index in [-0.39, 0.29) is 10.3 Å². The normalized spacial score (nSPS) is 22.2. The fraction of sp³-hybridized carbons (Fsp3) is 0.167. The second kappa shape index (κ2) is 4.20. The van der Waals surface area contributed by atoms with Crippen molar-refractivity contribution < 1.29 is 9.59 Å². The third-order valence-corrected chi connectivity index (χ3v) is 3.60. The Morgan fingerprint density at radius 3 is 2.89 bits per heavy atom. The molecule has 96 valence electrons. The van der Waals surface area contributed by atoms with Crippen molar-refractivity contribution in [1.82, 2.24) is 5.01 Å². The second-order valence-electron chi connectivity index (χ2n) is 4.27. The number of fused-ring (bicyclic) bond motifs is 1. The molecule has 0 bridgehead atoms. The molecule has 1 aromatic rings. The molecule has 0 fully saturated rings. The fourth-order valence-electron chi connectivity index (χ4n) is 2.03. The molecule has 0 aliphatic carbocycles. The SMILES string of the molecule is Cc1cccc(C2C(=O)N=C3SC(N)=NN3C2=O)c1. The van der Waals surface area contributed by atoms with Crippen molar-refractivity contribution in [3.05, 3.63) is 35.4 Å². The zero-order chi connectivity index (χ0) is 13.6. The van der Waals surface area contributed by atoms with Gasteiger partial charge in [0.15, 0.2) is 5.17 Å². The van der Waals surface area contributed by atoms with E-state index in [1.165, 1.54) is 0 Å². The van der Waals surface area contributed by atoms with Gasteiger partial charge in [0.1, 0.15) is 5.92 Å². The minimum atomic E-state index is -0.932. The summed E-state index contributed by atoms with van der Waals surface area (Å²) in [4.78, 5) is 28.2. The van der Waals surface area contributed by atoms with Gasteiger partial charge in [-0.05, 0) is 24.2 Å². The summed E-state index contributed by atoms with van der Waals surface area (Å²) in [7, 11) is 0. The van der Waals surface area contributed by atoms with Crippen LogP contribution in [0.4, 0.5) is 0 Å². The van der Waals surface area contributed by atoms with Gasteiger partial charge in [0.25, 0.3) is 11.8 Å². The third-order valence-electron chi connectivity index (χ3n) is 2.86. The van der Waals surface area contributed by atoms with Crippen molar-refractivity contribution in [2.75, 3.05) is 0 Å². The largest absolute Gasteiger partial charge is 0.376 e. The van der Waals surface area contributed by atoms with E-state index in [9.17, 15) is 9.59 Å². The summed E-state index contributed by atoms with van der Waals surface area (Å²) in [6.45, 7) is 1.90. The number of nitrogens with zero attached hydrogens (tertiary/aromatic N) is 3. The molecule has 19 heavy (non-hydrogen) atoms. The van der Waals surface area contributed by atoms with Crippen LogP contribution >= 0.6 is 11.8 Å². The van der Waals surface area contributed by atoms with Crippen molar-refractivity contribution in [2.45, 2.75) is 12.8 Å². The van der Waals surface area contributed by atoms with Gasteiger partial charge in [-0.1, -0.05) is 29.8 Å². The number of nitrogens with two attached hydrogens (primary N) is 1. The van der Waals surface area contributed by atoms with Gasteiger partial charge in [-0.25, -0.2) is 0 Å². The maximum Gasteiger partial charge on any atom is 0.266 e. The lowest BCUT2D eigenvalue weighted by Crippen LogP contribution is -2.40. The van der Waals surface area contributed by atoms with Crippen LogP contribution in [0, 0.1) is 6.92 Å². The summed E-state index contributed by atoms with van der Waals surface area (Å²) in [5.74, 6) is -1.81. The Bertz CT molecular complexity index is 653. The molecule has 0 spiro atoms. The molecule has 3 rings (SSSR count). The molecule has 6 nitrogen and oxygen atoms in total. The van der Waals surface area contributed by atoms with Gasteiger partial charge >= 0.3 is 0 Å². The molecule has 2 amide bonds. The summed E-state index contributed by atoms with van der Waals surface area (Å²) in [6, 6.07) is 7.25. The third kappa shape index (κ3) is 1.91. The number of amidine groups is 2. The van der Waals surface area contributed by atoms with Crippen molar-refractivity contribution in [3.63, 3.8) is 0 Å². The number of aliphatic imine (C=N–C) groups is 1. The summed E-state index contributed by atoms with van der Waals surface area (Å²) in [6.07, 6.45) is 0. The number of aryl methyl sites for hydroxylation is 1. The number of hydrogen-bond donors (Lipinski definition) is 1. The Labute approximate surface area is 113 Å². The highest BCUT2D eigenvalue weighted by Gasteiger charge is 2.42. The first kappa shape index (κ1) is 11.9. The number of carbonyl (C=O) groups excluding carboxylic acids is 2. The molecule has 0 saturated carbocycles. The number of carbonyl (C=O) groups is 2. The molecule has 1 unspecified atom stereocenters. The van der Waals surface area contributed by atoms with E-state index in [1.54, 1.807) is 18.2 Å². The molecule has 1 aromatic carbocycles. The first-order chi connectivity index (χ1) is 9.06. The van der Waals surface area contributed by atoms with Gasteiger partial charge in [0, 0.05) is 0 Å². The zero-order valence-corrected chi connectivity index (χ0v) is 10.8. The van der Waals surface area contributed by atoms with Crippen LogP contribution in [-0.2, 0) is 9.59 Å². The Hall–Kier alpha value is -2.15. The fourth-order valence-corrected chi connectivity index (χ4v) is 2.70. The van der Waals surface area contributed by atoms with Crippen LogP contribution in [-0.4, -0.2) is 27.2 Å². The van der Waals surface area contributed by atoms with Crippen molar-refractivity contribution in [1.29, 1.82) is 0 Å². The van der Waals surface area contributed by atoms with Crippen LogP contribution in [0.2, 0.25) is 0 Å². The number of thioether (sulfide) groups is 1. The van der Waals surface area contributed by atoms with Crippen molar-refractivity contribution in [3.8, 4) is 0 Å². The Morgan fingerprint density at radius 2 is 2.16 bits per heavy atom. The Kier molecular flexibility index (Phi) is 2.63. The van der Waals surface area contributed by atoms with Crippen LogP contribution in [0.5, 0.6) is 0 Å². The molecule has 0 radical (unpaired) electrons. The number of hydrogen-bond acceptors (Lipinski definition) is 5. The highest BCUT2D eigenvalue weighted by molar-refractivity contribution is 8.26. The molecular formula is C12H10N4O2S. The monoisotopic (exact) mass is 274 g/mol. The molecule has 2 N–H and O–H groups in total. The highest BCUT2D eigenvalue weighted by Crippen LogP contribution is 2.31. The van der Waals surface area contributed by atoms with Gasteiger partial charge in [-0.3, -0.25) is 9.59 Å². The van der Waals surface area contributed by atoms with Gasteiger partial charge < -0.3 is 5.73 Å². The van der Waals surface area contributed by atoms with Gasteiger partial charge in [0.05, 0.1) is 0 Å². The Balaban J connectivity index is 2.04. The van der Waals surface area contributed by atoms with E-state index in [0.717, 1.165) is 22.3 Å². The van der Waals surface area contributed by atoms with Crippen molar-refractivity contribution >= 4 is 33.9 Å². The minimum Gasteiger partial charge on any atom is -0.376 e. The van der Waals surface area contributed by atoms with Crippen LogP contribution in [0.15, 0.2) is 34.4 Å². The standard InChI is InChI=1S/C12H10N4O2S/c1-6-3-2-4-7(5-6)8-9(17)14-12-16(10(8)18)15-11(13)19-12/h2-5,8H,1H3,(H2,13,15). The lowest BCUT2D eigenvalue weighted by atomic mass is 9.95. The number of benzene rings is 1. The molecule has 1 atom stereocenters. The van der Waals surface area contributed by atoms with Crippen LogP contribution in [0.3, 0.4) is 0 Å². The lowest BCUT2D eigenvalue weighted by molar-refractivity contribution is -0.135. The second-order valence-corrected chi connectivity index (χ2v) is 5.26. The first-order valence-electron chi connectivity index (χ1n) is 5.61. The maximum atomic E-state index is 12.3. The minimum absolute atomic E-state index is 0.213. The average molecular weight is 274 g/mol. The Morgan fingerprint density at radius 1 is 1.37 bits per heavy atom. The number of hydrazone groups is 1. The lowest BCUT2D eigenvalue weighted by Gasteiger charge is -2.22. The van der Waals surface area contributed by atoms with E-state index in [0.29, 0.717) is 5.56 Å². The van der Waals surface area contributed by atoms with Crippen molar-refractivity contribution in [2.24, 2.45) is 15.8 Å². The zero-order valence-electron chi connectivity index (χ0n) is 10.0. The molecule has 0 saturated heterocycles. The van der Waals surface area contributed by atoms with E-state index in [2.05, 4.69) is 10.1 Å². The molecule has 2 heterocycles. The summed E-state index contributed by atoms with van der Waals surface area (Å²) in [5, 5.41) is 5.43. The molecule has 2 aliphatic heterocycles. The number of rotatable bonds is 1. The van der Waals surface area contributed by atoms with Gasteiger partial charge in [-0.15, -0.1) is 5.10 Å². The molecule has 7 heteroatoms. The highest BCUT2D eigenvalue weighted by atomic mass is 32.2. The summed E-state index contributed by atoms with van der Waals surface area (Å²) >= 11 is 1.02. The van der Waals surface area contributed by atoms with E-state index in [1.807, 2.05) is 13.0 Å². The predicted octanol–water partition coefficient (Wildman–Crippen LogP) is 0.780. The van der Waals surface area contributed by atoms with Gasteiger partial charge in [0.2, 0.25) is 5.17 Å².